The summed E-state index contributed by atoms with van der Waals surface area (Å²) in [4.78, 5) is 0. The maximum atomic E-state index is 5.80. The number of rotatable bonds is 3. The van der Waals surface area contributed by atoms with Crippen molar-refractivity contribution in [3.63, 3.8) is 0 Å². The highest BCUT2D eigenvalue weighted by molar-refractivity contribution is 7.42. The van der Waals surface area contributed by atoms with Crippen molar-refractivity contribution in [2.75, 3.05) is 7.11 Å². The van der Waals surface area contributed by atoms with Crippen LogP contribution in [-0.2, 0) is 4.43 Å². The molecule has 0 saturated heterocycles. The Hall–Kier alpha value is 0.757. The van der Waals surface area contributed by atoms with Crippen LogP contribution >= 0.6 is 22.2 Å². The number of hydrogen-bond acceptors (Lipinski definition) is 1. The van der Waals surface area contributed by atoms with Gasteiger partial charge in [0.15, 0.2) is 0 Å². The zero-order valence-electron chi connectivity index (χ0n) is 5.95. The van der Waals surface area contributed by atoms with Crippen molar-refractivity contribution < 1.29 is 4.43 Å². The molecule has 0 aromatic carbocycles. The second-order valence-corrected chi connectivity index (χ2v) is 8.77. The molecule has 0 atom stereocenters. The Kier molecular flexibility index (Phi) is 4.13. The van der Waals surface area contributed by atoms with Crippen molar-refractivity contribution in [3.8, 4) is 0 Å². The third-order valence-electron chi connectivity index (χ3n) is 0.945. The van der Waals surface area contributed by atoms with Crippen molar-refractivity contribution in [2.24, 2.45) is 5.92 Å². The van der Waals surface area contributed by atoms with Crippen LogP contribution < -0.4 is 0 Å². The van der Waals surface area contributed by atoms with E-state index >= 15 is 0 Å². The Balaban J connectivity index is 3.58. The van der Waals surface area contributed by atoms with Crippen LogP contribution in [0.4, 0.5) is 0 Å². The van der Waals surface area contributed by atoms with Crippen LogP contribution in [0.25, 0.3) is 0 Å². The highest BCUT2D eigenvalue weighted by Crippen LogP contribution is 2.24. The predicted octanol–water partition coefficient (Wildman–Crippen LogP) is 2.71. The van der Waals surface area contributed by atoms with Gasteiger partial charge in [-0.1, -0.05) is 13.8 Å². The lowest BCUT2D eigenvalue weighted by Crippen LogP contribution is -2.24. The third kappa shape index (κ3) is 5.21. The van der Waals surface area contributed by atoms with Crippen molar-refractivity contribution >= 4 is 29.1 Å². The molecular weight excluding hydrogens is 175 g/mol. The van der Waals surface area contributed by atoms with Gasteiger partial charge >= 0.3 is 6.94 Å². The SMILES string of the molecule is CO[Si](Cl)(Cl)CC(C)C. The molecule has 0 N–H and O–H groups in total. The minimum Gasteiger partial charge on any atom is -0.396 e. The lowest BCUT2D eigenvalue weighted by Gasteiger charge is -2.15. The molecular formula is C5H12Cl2OSi. The quantitative estimate of drug-likeness (QED) is 0.487. The van der Waals surface area contributed by atoms with Crippen molar-refractivity contribution in [1.29, 1.82) is 0 Å². The monoisotopic (exact) mass is 186 g/mol. The maximum Gasteiger partial charge on any atom is 0.389 e. The van der Waals surface area contributed by atoms with Crippen LogP contribution in [0.5, 0.6) is 0 Å². The van der Waals surface area contributed by atoms with Gasteiger partial charge in [0.1, 0.15) is 0 Å². The fourth-order valence-corrected chi connectivity index (χ4v) is 3.53. The van der Waals surface area contributed by atoms with Crippen LogP contribution in [0.2, 0.25) is 6.04 Å². The van der Waals surface area contributed by atoms with Gasteiger partial charge < -0.3 is 4.43 Å². The molecule has 0 amide bonds. The fourth-order valence-electron chi connectivity index (χ4n) is 0.559. The molecule has 0 aromatic rings. The summed E-state index contributed by atoms with van der Waals surface area (Å²) in [6.07, 6.45) is 0. The van der Waals surface area contributed by atoms with Gasteiger partial charge in [0.05, 0.1) is 0 Å². The lowest BCUT2D eigenvalue weighted by atomic mass is 10.3. The van der Waals surface area contributed by atoms with E-state index in [0.717, 1.165) is 6.04 Å². The molecule has 0 saturated carbocycles. The highest BCUT2D eigenvalue weighted by Gasteiger charge is 2.29. The zero-order valence-corrected chi connectivity index (χ0v) is 8.46. The molecule has 0 aliphatic heterocycles. The lowest BCUT2D eigenvalue weighted by molar-refractivity contribution is 0.420. The fraction of sp³-hybridized carbons (Fsp3) is 1.00. The van der Waals surface area contributed by atoms with Crippen LogP contribution in [0.3, 0.4) is 0 Å². The maximum absolute atomic E-state index is 5.80. The van der Waals surface area contributed by atoms with E-state index in [1.807, 2.05) is 0 Å². The van der Waals surface area contributed by atoms with Crippen LogP contribution in [-0.4, -0.2) is 14.0 Å². The van der Waals surface area contributed by atoms with Crippen molar-refractivity contribution in [2.45, 2.75) is 19.9 Å². The van der Waals surface area contributed by atoms with Gasteiger partial charge in [0.25, 0.3) is 0 Å². The molecule has 0 spiro atoms. The molecule has 0 fully saturated rings. The smallest absolute Gasteiger partial charge is 0.389 e. The zero-order chi connectivity index (χ0) is 7.49. The molecule has 1 nitrogen and oxygen atoms in total. The highest BCUT2D eigenvalue weighted by atomic mass is 35.7. The van der Waals surface area contributed by atoms with E-state index in [9.17, 15) is 0 Å². The Morgan fingerprint density at radius 2 is 1.89 bits per heavy atom. The molecule has 0 rings (SSSR count). The largest absolute Gasteiger partial charge is 0.396 e. The average Bonchev–Trinajstić information content (AvgIpc) is 1.63. The van der Waals surface area contributed by atoms with E-state index in [4.69, 9.17) is 26.6 Å². The Bertz CT molecular complexity index is 85.0. The van der Waals surface area contributed by atoms with Gasteiger partial charge in [-0.15, -0.1) is 22.2 Å². The van der Waals surface area contributed by atoms with E-state index < -0.39 is 6.94 Å². The number of halogens is 2. The van der Waals surface area contributed by atoms with Crippen LogP contribution in [0.1, 0.15) is 13.8 Å². The molecule has 0 bridgehead atoms. The normalized spacial score (nSPS) is 12.7. The first-order chi connectivity index (χ1) is 3.98. The summed E-state index contributed by atoms with van der Waals surface area (Å²) in [6.45, 7) is 1.85. The molecule has 0 heterocycles. The average molecular weight is 187 g/mol. The van der Waals surface area contributed by atoms with Crippen molar-refractivity contribution in [3.05, 3.63) is 0 Å². The Labute approximate surface area is 66.8 Å². The number of hydrogen-bond donors (Lipinski definition) is 0. The van der Waals surface area contributed by atoms with Gasteiger partial charge in [-0.3, -0.25) is 0 Å². The molecule has 9 heavy (non-hydrogen) atoms. The summed E-state index contributed by atoms with van der Waals surface area (Å²) < 4.78 is 4.92. The van der Waals surface area contributed by atoms with E-state index in [-0.39, 0.29) is 0 Å². The second-order valence-electron chi connectivity index (χ2n) is 2.44. The van der Waals surface area contributed by atoms with E-state index in [0.29, 0.717) is 5.92 Å². The van der Waals surface area contributed by atoms with E-state index in [2.05, 4.69) is 13.8 Å². The van der Waals surface area contributed by atoms with E-state index in [1.54, 1.807) is 7.11 Å². The second kappa shape index (κ2) is 3.81. The summed E-state index contributed by atoms with van der Waals surface area (Å²) >= 11 is 11.6. The Morgan fingerprint density at radius 3 is 2.00 bits per heavy atom. The predicted molar refractivity (Wildman–Crippen MR) is 44.1 cm³/mol. The third-order valence-corrected chi connectivity index (χ3v) is 4.69. The first kappa shape index (κ1) is 9.76. The summed E-state index contributed by atoms with van der Waals surface area (Å²) in [5.41, 5.74) is 0. The molecule has 0 unspecified atom stereocenters. The minimum absolute atomic E-state index is 0.520. The summed E-state index contributed by atoms with van der Waals surface area (Å²) in [5.74, 6) is 0.520. The Morgan fingerprint density at radius 1 is 1.44 bits per heavy atom. The summed E-state index contributed by atoms with van der Waals surface area (Å²) in [6, 6.07) is 0.798. The van der Waals surface area contributed by atoms with Gasteiger partial charge in [0.2, 0.25) is 0 Å². The first-order valence-corrected chi connectivity index (χ1v) is 7.05. The minimum atomic E-state index is -2.30. The molecule has 0 aromatic heterocycles. The summed E-state index contributed by atoms with van der Waals surface area (Å²) in [5, 5.41) is 0. The van der Waals surface area contributed by atoms with Crippen LogP contribution in [0.15, 0.2) is 0 Å². The van der Waals surface area contributed by atoms with Crippen LogP contribution in [0, 0.1) is 5.92 Å². The molecule has 0 radical (unpaired) electrons. The first-order valence-electron chi connectivity index (χ1n) is 2.91. The molecule has 0 aliphatic rings. The summed E-state index contributed by atoms with van der Waals surface area (Å²) in [7, 11) is 1.56. The molecule has 56 valence electrons. The van der Waals surface area contributed by atoms with Gasteiger partial charge in [-0.05, 0) is 12.0 Å². The molecule has 4 heteroatoms. The van der Waals surface area contributed by atoms with Gasteiger partial charge in [-0.2, -0.15) is 0 Å². The topological polar surface area (TPSA) is 9.23 Å². The molecule has 0 aliphatic carbocycles. The van der Waals surface area contributed by atoms with Crippen molar-refractivity contribution in [1.82, 2.24) is 0 Å². The van der Waals surface area contributed by atoms with E-state index in [1.165, 1.54) is 0 Å². The standard InChI is InChI=1S/C5H12Cl2OSi/c1-5(2)4-9(6,7)8-3/h5H,4H2,1-3H3. The van der Waals surface area contributed by atoms with Gasteiger partial charge in [-0.25, -0.2) is 0 Å². The van der Waals surface area contributed by atoms with Gasteiger partial charge in [0, 0.05) is 7.11 Å².